The first-order valence-corrected chi connectivity index (χ1v) is 7.73. The van der Waals surface area contributed by atoms with Crippen LogP contribution >= 0.6 is 11.6 Å². The maximum Gasteiger partial charge on any atom is 0.329 e. The molecule has 26 heavy (non-hydrogen) atoms. The molecule has 0 fully saturated rings. The van der Waals surface area contributed by atoms with Gasteiger partial charge in [-0.2, -0.15) is 5.10 Å². The van der Waals surface area contributed by atoms with E-state index >= 15 is 0 Å². The Balaban J connectivity index is 1.90. The Morgan fingerprint density at radius 3 is 2.62 bits per heavy atom. The van der Waals surface area contributed by atoms with Crippen LogP contribution in [0.3, 0.4) is 0 Å². The molecule has 9 heteroatoms. The minimum Gasteiger partial charge on any atom is -0.484 e. The maximum atomic E-state index is 11.8. The van der Waals surface area contributed by atoms with Crippen molar-refractivity contribution in [3.63, 3.8) is 0 Å². The summed E-state index contributed by atoms with van der Waals surface area (Å²) >= 11 is 5.90. The number of para-hydroxylation sites is 1. The van der Waals surface area contributed by atoms with Gasteiger partial charge in [-0.05, 0) is 29.8 Å². The number of nitrogens with zero attached hydrogens (tertiary/aromatic N) is 1. The summed E-state index contributed by atoms with van der Waals surface area (Å²) in [4.78, 5) is 34.2. The number of hydrogen-bond acceptors (Lipinski definition) is 5. The van der Waals surface area contributed by atoms with Crippen LogP contribution in [0.4, 0.5) is 5.69 Å². The lowest BCUT2D eigenvalue weighted by atomic mass is 10.2. The molecule has 0 spiro atoms. The summed E-state index contributed by atoms with van der Waals surface area (Å²) in [5.74, 6) is -2.05. The van der Waals surface area contributed by atoms with E-state index in [4.69, 9.17) is 22.1 Å². The molecule has 2 rings (SSSR count). The fraction of sp³-hybridized carbons (Fsp3) is 0.0588. The van der Waals surface area contributed by atoms with Gasteiger partial charge in [-0.1, -0.05) is 35.9 Å². The molecule has 0 aliphatic heterocycles. The van der Waals surface area contributed by atoms with Gasteiger partial charge >= 0.3 is 11.8 Å². The fourth-order valence-corrected chi connectivity index (χ4v) is 1.98. The minimum absolute atomic E-state index is 0.250. The predicted octanol–water partition coefficient (Wildman–Crippen LogP) is 1.29. The fourth-order valence-electron chi connectivity index (χ4n) is 1.80. The highest BCUT2D eigenvalue weighted by atomic mass is 35.5. The van der Waals surface area contributed by atoms with Gasteiger partial charge < -0.3 is 15.8 Å². The van der Waals surface area contributed by atoms with Crippen LogP contribution in [0.1, 0.15) is 5.56 Å². The Bertz CT molecular complexity index is 854. The minimum atomic E-state index is -0.956. The second-order valence-electron chi connectivity index (χ2n) is 4.96. The first kappa shape index (κ1) is 18.9. The van der Waals surface area contributed by atoms with E-state index in [1.807, 2.05) is 0 Å². The van der Waals surface area contributed by atoms with Gasteiger partial charge in [-0.15, -0.1) is 0 Å². The first-order valence-electron chi connectivity index (χ1n) is 7.36. The van der Waals surface area contributed by atoms with Crippen molar-refractivity contribution in [2.24, 2.45) is 10.8 Å². The van der Waals surface area contributed by atoms with E-state index in [1.54, 1.807) is 48.5 Å². The van der Waals surface area contributed by atoms with Crippen LogP contribution in [0.2, 0.25) is 5.02 Å². The van der Waals surface area contributed by atoms with E-state index in [1.165, 1.54) is 6.21 Å². The number of nitrogens with one attached hydrogen (secondary N) is 2. The average molecular weight is 375 g/mol. The number of hydrazone groups is 1. The van der Waals surface area contributed by atoms with E-state index in [0.717, 1.165) is 0 Å². The predicted molar refractivity (Wildman–Crippen MR) is 96.9 cm³/mol. The van der Waals surface area contributed by atoms with E-state index in [9.17, 15) is 14.4 Å². The second-order valence-corrected chi connectivity index (χ2v) is 5.37. The molecule has 4 N–H and O–H groups in total. The summed E-state index contributed by atoms with van der Waals surface area (Å²) in [6.07, 6.45) is 1.32. The van der Waals surface area contributed by atoms with E-state index < -0.39 is 17.7 Å². The van der Waals surface area contributed by atoms with E-state index in [0.29, 0.717) is 22.0 Å². The van der Waals surface area contributed by atoms with Crippen LogP contribution < -0.4 is 21.2 Å². The molecule has 0 unspecified atom stereocenters. The number of rotatable bonds is 6. The average Bonchev–Trinajstić information content (AvgIpc) is 2.62. The molecule has 134 valence electrons. The van der Waals surface area contributed by atoms with Crippen molar-refractivity contribution in [3.05, 3.63) is 59.1 Å². The quantitative estimate of drug-likeness (QED) is 0.400. The van der Waals surface area contributed by atoms with E-state index in [2.05, 4.69) is 15.8 Å². The van der Waals surface area contributed by atoms with Gasteiger partial charge in [0.05, 0.1) is 16.9 Å². The normalized spacial score (nSPS) is 10.3. The van der Waals surface area contributed by atoms with Crippen LogP contribution in [0, 0.1) is 0 Å². The molecule has 3 amide bonds. The number of hydrogen-bond donors (Lipinski definition) is 3. The van der Waals surface area contributed by atoms with Gasteiger partial charge in [-0.25, -0.2) is 5.43 Å². The van der Waals surface area contributed by atoms with Crippen LogP contribution in [0.25, 0.3) is 0 Å². The summed E-state index contributed by atoms with van der Waals surface area (Å²) in [5.41, 5.74) is 8.00. The molecule has 0 aromatic heterocycles. The molecular formula is C17H15ClN4O4. The molecule has 0 aliphatic carbocycles. The van der Waals surface area contributed by atoms with Crippen molar-refractivity contribution in [2.45, 2.75) is 0 Å². The van der Waals surface area contributed by atoms with Gasteiger partial charge in [0.1, 0.15) is 5.75 Å². The standard InChI is InChI=1S/C17H15ClN4O4/c18-13-6-1-2-7-14(13)21-16(24)17(25)22-20-9-11-4-3-5-12(8-11)26-10-15(19)23/h1-9H,10H2,(H2,19,23)(H,21,24)(H,22,25)/b20-9+. The highest BCUT2D eigenvalue weighted by Gasteiger charge is 2.14. The lowest BCUT2D eigenvalue weighted by molar-refractivity contribution is -0.136. The van der Waals surface area contributed by atoms with Crippen molar-refractivity contribution in [1.82, 2.24) is 5.43 Å². The van der Waals surface area contributed by atoms with Crippen LogP contribution in [0.15, 0.2) is 53.6 Å². The third kappa shape index (κ3) is 5.91. The zero-order chi connectivity index (χ0) is 18.9. The van der Waals surface area contributed by atoms with Crippen molar-refractivity contribution >= 4 is 41.2 Å². The largest absolute Gasteiger partial charge is 0.484 e. The number of nitrogens with two attached hydrogens (primary N) is 1. The SMILES string of the molecule is NC(=O)COc1cccc(/C=N/NC(=O)C(=O)Nc2ccccc2Cl)c1. The van der Waals surface area contributed by atoms with Crippen molar-refractivity contribution in [2.75, 3.05) is 11.9 Å². The van der Waals surface area contributed by atoms with Gasteiger partial charge in [0.25, 0.3) is 5.91 Å². The topological polar surface area (TPSA) is 123 Å². The van der Waals surface area contributed by atoms with Gasteiger partial charge in [0, 0.05) is 0 Å². The second kappa shape index (κ2) is 9.19. The number of amides is 3. The molecule has 2 aromatic rings. The monoisotopic (exact) mass is 374 g/mol. The Hall–Kier alpha value is -3.39. The number of benzene rings is 2. The molecule has 0 radical (unpaired) electrons. The molecule has 8 nitrogen and oxygen atoms in total. The third-order valence-corrected chi connectivity index (χ3v) is 3.28. The molecule has 0 saturated heterocycles. The molecule has 2 aromatic carbocycles. The summed E-state index contributed by atoms with van der Waals surface area (Å²) in [5, 5.41) is 6.38. The van der Waals surface area contributed by atoms with Crippen LogP contribution in [-0.2, 0) is 14.4 Å². The van der Waals surface area contributed by atoms with E-state index in [-0.39, 0.29) is 6.61 Å². The summed E-state index contributed by atoms with van der Waals surface area (Å²) in [6, 6.07) is 13.1. The number of primary amides is 1. The first-order chi connectivity index (χ1) is 12.5. The van der Waals surface area contributed by atoms with Crippen molar-refractivity contribution < 1.29 is 19.1 Å². The molecular weight excluding hydrogens is 360 g/mol. The smallest absolute Gasteiger partial charge is 0.329 e. The Morgan fingerprint density at radius 2 is 1.88 bits per heavy atom. The molecule has 0 aliphatic rings. The zero-order valence-electron chi connectivity index (χ0n) is 13.4. The van der Waals surface area contributed by atoms with Crippen LogP contribution in [-0.4, -0.2) is 30.5 Å². The van der Waals surface area contributed by atoms with Gasteiger partial charge in [0.2, 0.25) is 0 Å². The molecule has 0 bridgehead atoms. The molecule has 0 saturated carbocycles. The lowest BCUT2D eigenvalue weighted by Gasteiger charge is -2.05. The van der Waals surface area contributed by atoms with Crippen molar-refractivity contribution in [1.29, 1.82) is 0 Å². The number of carbonyl (C=O) groups excluding carboxylic acids is 3. The third-order valence-electron chi connectivity index (χ3n) is 2.95. The summed E-state index contributed by atoms with van der Waals surface area (Å²) in [7, 11) is 0. The highest BCUT2D eigenvalue weighted by molar-refractivity contribution is 6.41. The number of carbonyl (C=O) groups is 3. The summed E-state index contributed by atoms with van der Waals surface area (Å²) in [6.45, 7) is -0.250. The Morgan fingerprint density at radius 1 is 1.12 bits per heavy atom. The van der Waals surface area contributed by atoms with Crippen LogP contribution in [0.5, 0.6) is 5.75 Å². The highest BCUT2D eigenvalue weighted by Crippen LogP contribution is 2.20. The number of anilines is 1. The Labute approximate surface area is 154 Å². The number of ether oxygens (including phenoxy) is 1. The number of halogens is 1. The van der Waals surface area contributed by atoms with Crippen molar-refractivity contribution in [3.8, 4) is 5.75 Å². The lowest BCUT2D eigenvalue weighted by Crippen LogP contribution is -2.32. The Kier molecular flexibility index (Phi) is 6.69. The molecule has 0 atom stereocenters. The van der Waals surface area contributed by atoms with Gasteiger partial charge in [0.15, 0.2) is 6.61 Å². The summed E-state index contributed by atoms with van der Waals surface area (Å²) < 4.78 is 5.15. The zero-order valence-corrected chi connectivity index (χ0v) is 14.2. The van der Waals surface area contributed by atoms with Gasteiger partial charge in [-0.3, -0.25) is 14.4 Å². The maximum absolute atomic E-state index is 11.8. The molecule has 0 heterocycles.